The van der Waals surface area contributed by atoms with Crippen LogP contribution < -0.4 is 5.32 Å². The fourth-order valence-electron chi connectivity index (χ4n) is 2.70. The lowest BCUT2D eigenvalue weighted by molar-refractivity contribution is -0.135. The van der Waals surface area contributed by atoms with Gasteiger partial charge in [0.25, 0.3) is 0 Å². The Hall–Kier alpha value is -1.30. The van der Waals surface area contributed by atoms with Crippen molar-refractivity contribution in [1.29, 1.82) is 0 Å². The van der Waals surface area contributed by atoms with Crippen LogP contribution in [0.1, 0.15) is 19.8 Å². The molecular formula is C13H24N4O2. The molecule has 0 aliphatic carbocycles. The molecule has 6 nitrogen and oxygen atoms in total. The lowest BCUT2D eigenvalue weighted by Gasteiger charge is -2.34. The molecule has 2 heterocycles. The van der Waals surface area contributed by atoms with Crippen LogP contribution in [-0.4, -0.2) is 79.0 Å². The Balaban J connectivity index is 2.01. The molecule has 0 aromatic heterocycles. The largest absolute Gasteiger partial charge is 0.338 e. The van der Waals surface area contributed by atoms with Crippen LogP contribution in [-0.2, 0) is 4.79 Å². The van der Waals surface area contributed by atoms with Crippen LogP contribution in [0.2, 0.25) is 0 Å². The van der Waals surface area contributed by atoms with Crippen molar-refractivity contribution in [3.63, 3.8) is 0 Å². The van der Waals surface area contributed by atoms with Crippen LogP contribution in [0.4, 0.5) is 4.79 Å². The van der Waals surface area contributed by atoms with Crippen LogP contribution in [0.25, 0.3) is 0 Å². The number of rotatable bonds is 2. The molecule has 0 aromatic carbocycles. The third kappa shape index (κ3) is 3.00. The number of hydrogen-bond acceptors (Lipinski definition) is 3. The Kier molecular flexibility index (Phi) is 4.63. The third-order valence-electron chi connectivity index (χ3n) is 4.01. The second-order valence-electron chi connectivity index (χ2n) is 5.22. The zero-order valence-electron chi connectivity index (χ0n) is 11.9. The van der Waals surface area contributed by atoms with E-state index >= 15 is 0 Å². The van der Waals surface area contributed by atoms with E-state index in [2.05, 4.69) is 5.32 Å². The van der Waals surface area contributed by atoms with Gasteiger partial charge < -0.3 is 20.0 Å². The van der Waals surface area contributed by atoms with Crippen molar-refractivity contribution in [2.45, 2.75) is 25.8 Å². The number of likely N-dealkylation sites (tertiary alicyclic amines) is 1. The highest BCUT2D eigenvalue weighted by atomic mass is 16.2. The van der Waals surface area contributed by atoms with Crippen LogP contribution in [0, 0.1) is 0 Å². The van der Waals surface area contributed by atoms with Gasteiger partial charge >= 0.3 is 6.03 Å². The maximum Gasteiger partial charge on any atom is 0.320 e. The Morgan fingerprint density at radius 2 is 1.95 bits per heavy atom. The van der Waals surface area contributed by atoms with Crippen molar-refractivity contribution >= 4 is 11.9 Å². The molecule has 0 radical (unpaired) electrons. The standard InChI is InChI=1S/C13H24N4O2/c1-3-15(2)13(19)17-8-4-5-11(17)12(18)16-9-6-14-7-10-16/h11,14H,3-10H2,1-2H3. The summed E-state index contributed by atoms with van der Waals surface area (Å²) in [7, 11) is 1.78. The first-order chi connectivity index (χ1) is 9.15. The summed E-state index contributed by atoms with van der Waals surface area (Å²) in [6.45, 7) is 6.52. The summed E-state index contributed by atoms with van der Waals surface area (Å²) in [5.41, 5.74) is 0. The monoisotopic (exact) mass is 268 g/mol. The van der Waals surface area contributed by atoms with Gasteiger partial charge in [0, 0.05) is 46.3 Å². The van der Waals surface area contributed by atoms with Crippen molar-refractivity contribution in [1.82, 2.24) is 20.0 Å². The number of carbonyl (C=O) groups excluding carboxylic acids is 2. The highest BCUT2D eigenvalue weighted by Crippen LogP contribution is 2.21. The van der Waals surface area contributed by atoms with Gasteiger partial charge in [0.15, 0.2) is 0 Å². The number of piperazine rings is 1. The van der Waals surface area contributed by atoms with E-state index in [9.17, 15) is 9.59 Å². The molecule has 0 bridgehead atoms. The van der Waals surface area contributed by atoms with E-state index in [-0.39, 0.29) is 18.0 Å². The number of urea groups is 1. The molecule has 0 spiro atoms. The Labute approximate surface area is 114 Å². The minimum atomic E-state index is -0.250. The molecule has 2 aliphatic heterocycles. The van der Waals surface area contributed by atoms with Crippen molar-refractivity contribution in [3.8, 4) is 0 Å². The molecule has 2 rings (SSSR count). The predicted molar refractivity (Wildman–Crippen MR) is 72.9 cm³/mol. The number of hydrogen-bond donors (Lipinski definition) is 1. The Bertz CT molecular complexity index is 342. The molecule has 19 heavy (non-hydrogen) atoms. The van der Waals surface area contributed by atoms with Gasteiger partial charge in [0.1, 0.15) is 6.04 Å². The number of amides is 3. The molecule has 0 aromatic rings. The van der Waals surface area contributed by atoms with E-state index in [1.54, 1.807) is 16.8 Å². The van der Waals surface area contributed by atoms with Crippen molar-refractivity contribution < 1.29 is 9.59 Å². The summed E-state index contributed by atoms with van der Waals surface area (Å²) in [6, 6.07) is -0.270. The third-order valence-corrected chi connectivity index (χ3v) is 4.01. The van der Waals surface area contributed by atoms with Gasteiger partial charge in [0.05, 0.1) is 0 Å². The van der Waals surface area contributed by atoms with E-state index in [0.29, 0.717) is 13.1 Å². The molecule has 2 saturated heterocycles. The van der Waals surface area contributed by atoms with Crippen molar-refractivity contribution in [2.75, 3.05) is 46.3 Å². The summed E-state index contributed by atoms with van der Waals surface area (Å²) >= 11 is 0. The fraction of sp³-hybridized carbons (Fsp3) is 0.846. The van der Waals surface area contributed by atoms with E-state index in [0.717, 1.165) is 39.0 Å². The fourth-order valence-corrected chi connectivity index (χ4v) is 2.70. The minimum Gasteiger partial charge on any atom is -0.338 e. The van der Waals surface area contributed by atoms with Crippen molar-refractivity contribution in [2.24, 2.45) is 0 Å². The van der Waals surface area contributed by atoms with Gasteiger partial charge in [-0.1, -0.05) is 0 Å². The van der Waals surface area contributed by atoms with Gasteiger partial charge in [-0.25, -0.2) is 4.79 Å². The van der Waals surface area contributed by atoms with Gasteiger partial charge in [-0.2, -0.15) is 0 Å². The Morgan fingerprint density at radius 1 is 1.26 bits per heavy atom. The maximum absolute atomic E-state index is 12.5. The summed E-state index contributed by atoms with van der Waals surface area (Å²) in [5.74, 6) is 0.122. The molecule has 1 N–H and O–H groups in total. The molecule has 6 heteroatoms. The normalized spacial score (nSPS) is 23.6. The number of nitrogens with one attached hydrogen (secondary N) is 1. The minimum absolute atomic E-state index is 0.0199. The first-order valence-electron chi connectivity index (χ1n) is 7.16. The zero-order valence-corrected chi connectivity index (χ0v) is 11.9. The molecule has 3 amide bonds. The van der Waals surface area contributed by atoms with E-state index in [1.807, 2.05) is 11.8 Å². The molecule has 2 aliphatic rings. The van der Waals surface area contributed by atoms with Crippen LogP contribution in [0.5, 0.6) is 0 Å². The lowest BCUT2D eigenvalue weighted by atomic mass is 10.2. The number of carbonyl (C=O) groups is 2. The number of nitrogens with zero attached hydrogens (tertiary/aromatic N) is 3. The van der Waals surface area contributed by atoms with Crippen LogP contribution >= 0.6 is 0 Å². The first kappa shape index (κ1) is 14.1. The smallest absolute Gasteiger partial charge is 0.320 e. The molecule has 1 unspecified atom stereocenters. The van der Waals surface area contributed by atoms with Gasteiger partial charge in [-0.05, 0) is 19.8 Å². The van der Waals surface area contributed by atoms with Crippen LogP contribution in [0.3, 0.4) is 0 Å². The topological polar surface area (TPSA) is 55.9 Å². The molecule has 1 atom stereocenters. The average molecular weight is 268 g/mol. The molecular weight excluding hydrogens is 244 g/mol. The zero-order chi connectivity index (χ0) is 13.8. The second-order valence-corrected chi connectivity index (χ2v) is 5.22. The van der Waals surface area contributed by atoms with E-state index in [4.69, 9.17) is 0 Å². The van der Waals surface area contributed by atoms with E-state index in [1.165, 1.54) is 0 Å². The molecule has 0 saturated carbocycles. The molecule has 2 fully saturated rings. The average Bonchev–Trinajstić information content (AvgIpc) is 2.95. The summed E-state index contributed by atoms with van der Waals surface area (Å²) in [4.78, 5) is 30.1. The van der Waals surface area contributed by atoms with Gasteiger partial charge in [-0.15, -0.1) is 0 Å². The van der Waals surface area contributed by atoms with Crippen LogP contribution in [0.15, 0.2) is 0 Å². The highest BCUT2D eigenvalue weighted by molar-refractivity contribution is 5.87. The highest BCUT2D eigenvalue weighted by Gasteiger charge is 2.37. The van der Waals surface area contributed by atoms with E-state index < -0.39 is 0 Å². The summed E-state index contributed by atoms with van der Waals surface area (Å²) in [6.07, 6.45) is 1.72. The SMILES string of the molecule is CCN(C)C(=O)N1CCCC1C(=O)N1CCNCC1. The maximum atomic E-state index is 12.5. The quantitative estimate of drug-likeness (QED) is 0.764. The van der Waals surface area contributed by atoms with Gasteiger partial charge in [-0.3, -0.25) is 4.79 Å². The summed E-state index contributed by atoms with van der Waals surface area (Å²) < 4.78 is 0. The second kappa shape index (κ2) is 6.23. The molecule has 108 valence electrons. The van der Waals surface area contributed by atoms with Gasteiger partial charge in [0.2, 0.25) is 5.91 Å². The predicted octanol–water partition coefficient (Wildman–Crippen LogP) is -0.0457. The van der Waals surface area contributed by atoms with Crippen molar-refractivity contribution in [3.05, 3.63) is 0 Å². The summed E-state index contributed by atoms with van der Waals surface area (Å²) in [5, 5.41) is 3.24. The lowest BCUT2D eigenvalue weighted by Crippen LogP contribution is -2.54. The first-order valence-corrected chi connectivity index (χ1v) is 7.16. The Morgan fingerprint density at radius 3 is 2.58 bits per heavy atom.